The van der Waals surface area contributed by atoms with Crippen molar-refractivity contribution >= 4 is 7.60 Å². The van der Waals surface area contributed by atoms with Gasteiger partial charge in [0, 0.05) is 0 Å². The summed E-state index contributed by atoms with van der Waals surface area (Å²) in [5.74, 6) is 3.46. The smallest absolute Gasteiger partial charge is 0.370 e. The zero-order chi connectivity index (χ0) is 10.3. The van der Waals surface area contributed by atoms with Crippen molar-refractivity contribution in [2.45, 2.75) is 26.6 Å². The summed E-state index contributed by atoms with van der Waals surface area (Å²) in [5.41, 5.74) is 0. The van der Waals surface area contributed by atoms with Crippen molar-refractivity contribution in [2.24, 2.45) is 0 Å². The van der Waals surface area contributed by atoms with Crippen molar-refractivity contribution in [3.8, 4) is 11.8 Å². The van der Waals surface area contributed by atoms with Crippen LogP contribution < -0.4 is 0 Å². The van der Waals surface area contributed by atoms with Crippen molar-refractivity contribution in [2.75, 3.05) is 13.2 Å². The monoisotopic (exact) mass is 206 g/mol. The molecule has 0 heterocycles. The molecule has 0 aliphatic rings. The molecule has 0 saturated heterocycles. The summed E-state index contributed by atoms with van der Waals surface area (Å²) in [6.07, 6.45) is 0. The Labute approximate surface area is 78.8 Å². The molecule has 0 spiro atoms. The van der Waals surface area contributed by atoms with Crippen molar-refractivity contribution in [3.63, 3.8) is 0 Å². The molecule has 1 N–H and O–H groups in total. The third-order valence-corrected chi connectivity index (χ3v) is 3.16. The minimum Gasteiger partial charge on any atom is -0.370 e. The quantitative estimate of drug-likeness (QED) is 0.548. The summed E-state index contributed by atoms with van der Waals surface area (Å²) in [5, 5.41) is 9.34. The van der Waals surface area contributed by atoms with E-state index in [9.17, 15) is 9.67 Å². The lowest BCUT2D eigenvalue weighted by Gasteiger charge is -2.18. The van der Waals surface area contributed by atoms with Gasteiger partial charge >= 0.3 is 7.60 Å². The van der Waals surface area contributed by atoms with Crippen LogP contribution >= 0.6 is 7.60 Å². The molecule has 0 aromatic heterocycles. The lowest BCUT2D eigenvalue weighted by molar-refractivity contribution is 0.172. The highest BCUT2D eigenvalue weighted by molar-refractivity contribution is 7.54. The average Bonchev–Trinajstić information content (AvgIpc) is 2.05. The number of aliphatic hydroxyl groups excluding tert-OH is 1. The Morgan fingerprint density at radius 2 is 1.85 bits per heavy atom. The maximum atomic E-state index is 11.7. The Kier molecular flexibility index (Phi) is 6.02. The fourth-order valence-electron chi connectivity index (χ4n) is 0.747. The lowest BCUT2D eigenvalue weighted by atomic mass is 10.6. The van der Waals surface area contributed by atoms with Crippen LogP contribution in [0.3, 0.4) is 0 Å². The highest BCUT2D eigenvalue weighted by Crippen LogP contribution is 2.51. The molecule has 5 heteroatoms. The number of hydrogen-bond acceptors (Lipinski definition) is 4. The largest absolute Gasteiger partial charge is 0.371 e. The SMILES string of the molecule is CC#C[C@@H](O)P(=O)(OCC)OCC. The Bertz CT molecular complexity index is 230. The zero-order valence-corrected chi connectivity index (χ0v) is 9.01. The molecule has 13 heavy (non-hydrogen) atoms. The van der Waals surface area contributed by atoms with Crippen LogP contribution in [0.25, 0.3) is 0 Å². The minimum atomic E-state index is -3.44. The van der Waals surface area contributed by atoms with E-state index in [1.807, 2.05) is 0 Å². The average molecular weight is 206 g/mol. The fourth-order valence-corrected chi connectivity index (χ4v) is 2.11. The molecule has 76 valence electrons. The molecule has 0 radical (unpaired) electrons. The fraction of sp³-hybridized carbons (Fsp3) is 0.750. The molecular formula is C8H15O4P. The predicted octanol–water partition coefficient (Wildman–Crippen LogP) is 1.59. The first-order chi connectivity index (χ1) is 6.10. The van der Waals surface area contributed by atoms with Gasteiger partial charge in [-0.05, 0) is 20.8 Å². The molecule has 4 nitrogen and oxygen atoms in total. The van der Waals surface area contributed by atoms with Crippen LogP contribution in [0, 0.1) is 11.8 Å². The van der Waals surface area contributed by atoms with Gasteiger partial charge in [0.25, 0.3) is 0 Å². The van der Waals surface area contributed by atoms with E-state index >= 15 is 0 Å². The molecule has 0 bridgehead atoms. The second-order valence-electron chi connectivity index (χ2n) is 2.14. The second kappa shape index (κ2) is 6.17. The molecule has 0 aromatic rings. The first-order valence-corrected chi connectivity index (χ1v) is 5.71. The standard InChI is InChI=1S/C8H15O4P/c1-4-7-8(9)13(10,11-5-2)12-6-3/h8-9H,5-6H2,1-3H3/t8-/m0/s1. The third-order valence-electron chi connectivity index (χ3n) is 1.19. The Balaban J connectivity index is 4.53. The van der Waals surface area contributed by atoms with E-state index in [1.54, 1.807) is 20.8 Å². The van der Waals surface area contributed by atoms with Gasteiger partial charge in [0.1, 0.15) is 0 Å². The van der Waals surface area contributed by atoms with Crippen molar-refractivity contribution in [3.05, 3.63) is 0 Å². The van der Waals surface area contributed by atoms with Gasteiger partial charge in [-0.1, -0.05) is 5.92 Å². The summed E-state index contributed by atoms with van der Waals surface area (Å²) >= 11 is 0. The molecule has 0 unspecified atom stereocenters. The maximum Gasteiger partial charge on any atom is 0.371 e. The number of hydrogen-bond donors (Lipinski definition) is 1. The van der Waals surface area contributed by atoms with E-state index in [-0.39, 0.29) is 13.2 Å². The topological polar surface area (TPSA) is 55.8 Å². The van der Waals surface area contributed by atoms with Crippen LogP contribution in [0.4, 0.5) is 0 Å². The first-order valence-electron chi connectivity index (χ1n) is 4.09. The van der Waals surface area contributed by atoms with Crippen molar-refractivity contribution in [1.82, 2.24) is 0 Å². The number of rotatable bonds is 5. The third kappa shape index (κ3) is 3.93. The lowest BCUT2D eigenvalue weighted by Crippen LogP contribution is -2.10. The predicted molar refractivity (Wildman–Crippen MR) is 50.3 cm³/mol. The van der Waals surface area contributed by atoms with E-state index in [1.165, 1.54) is 0 Å². The minimum absolute atomic E-state index is 0.222. The summed E-state index contributed by atoms with van der Waals surface area (Å²) in [6.45, 7) is 5.35. The van der Waals surface area contributed by atoms with Gasteiger partial charge in [0.05, 0.1) is 13.2 Å². The molecule has 0 aliphatic heterocycles. The zero-order valence-electron chi connectivity index (χ0n) is 8.11. The molecular weight excluding hydrogens is 191 g/mol. The molecule has 0 saturated carbocycles. The van der Waals surface area contributed by atoms with Crippen LogP contribution in [0.1, 0.15) is 20.8 Å². The highest BCUT2D eigenvalue weighted by atomic mass is 31.2. The van der Waals surface area contributed by atoms with Crippen LogP contribution in [-0.4, -0.2) is 24.2 Å². The summed E-state index contributed by atoms with van der Waals surface area (Å²) in [6, 6.07) is 0. The van der Waals surface area contributed by atoms with Gasteiger partial charge in [-0.2, -0.15) is 0 Å². The van der Waals surface area contributed by atoms with E-state index in [0.717, 1.165) is 0 Å². The summed E-state index contributed by atoms with van der Waals surface area (Å²) < 4.78 is 21.4. The van der Waals surface area contributed by atoms with Gasteiger partial charge in [-0.25, -0.2) is 0 Å². The van der Waals surface area contributed by atoms with Crippen LogP contribution in [0.5, 0.6) is 0 Å². The first kappa shape index (κ1) is 12.7. The number of aliphatic hydroxyl groups is 1. The maximum absolute atomic E-state index is 11.7. The van der Waals surface area contributed by atoms with Gasteiger partial charge in [-0.3, -0.25) is 4.57 Å². The molecule has 1 atom stereocenters. The van der Waals surface area contributed by atoms with Crippen LogP contribution in [0.15, 0.2) is 0 Å². The van der Waals surface area contributed by atoms with Gasteiger partial charge in [-0.15, -0.1) is 5.92 Å². The second-order valence-corrected chi connectivity index (χ2v) is 4.23. The van der Waals surface area contributed by atoms with Gasteiger partial charge < -0.3 is 14.2 Å². The summed E-state index contributed by atoms with van der Waals surface area (Å²) in [4.78, 5) is 0. The Hall–Kier alpha value is -0.330. The van der Waals surface area contributed by atoms with Crippen molar-refractivity contribution < 1.29 is 18.7 Å². The summed E-state index contributed by atoms with van der Waals surface area (Å²) in [7, 11) is -3.44. The van der Waals surface area contributed by atoms with Gasteiger partial charge in [0.15, 0.2) is 0 Å². The molecule has 0 rings (SSSR count). The highest BCUT2D eigenvalue weighted by Gasteiger charge is 2.32. The van der Waals surface area contributed by atoms with Crippen LogP contribution in [-0.2, 0) is 13.6 Å². The Morgan fingerprint density at radius 1 is 1.38 bits per heavy atom. The van der Waals surface area contributed by atoms with E-state index in [2.05, 4.69) is 11.8 Å². The van der Waals surface area contributed by atoms with Crippen molar-refractivity contribution in [1.29, 1.82) is 0 Å². The Morgan fingerprint density at radius 3 is 2.15 bits per heavy atom. The van der Waals surface area contributed by atoms with Crippen LogP contribution in [0.2, 0.25) is 0 Å². The molecule has 0 amide bonds. The molecule has 0 fully saturated rings. The normalized spacial score (nSPS) is 13.2. The van der Waals surface area contributed by atoms with E-state index in [4.69, 9.17) is 9.05 Å². The van der Waals surface area contributed by atoms with E-state index in [0.29, 0.717) is 0 Å². The molecule has 0 aromatic carbocycles. The van der Waals surface area contributed by atoms with E-state index < -0.39 is 13.4 Å². The van der Waals surface area contributed by atoms with Gasteiger partial charge in [0.2, 0.25) is 5.85 Å². The molecule has 0 aliphatic carbocycles.